The van der Waals surface area contributed by atoms with Gasteiger partial charge in [0.2, 0.25) is 0 Å². The first-order chi connectivity index (χ1) is 7.86. The van der Waals surface area contributed by atoms with Crippen molar-refractivity contribution in [3.8, 4) is 0 Å². The summed E-state index contributed by atoms with van der Waals surface area (Å²) in [7, 11) is 0. The molecule has 0 saturated carbocycles. The lowest BCUT2D eigenvalue weighted by atomic mass is 10.1. The van der Waals surface area contributed by atoms with E-state index in [4.69, 9.17) is 4.74 Å². The van der Waals surface area contributed by atoms with Crippen LogP contribution in [0.25, 0.3) is 0 Å². The molecule has 1 rings (SSSR count). The van der Waals surface area contributed by atoms with Gasteiger partial charge in [-0.1, -0.05) is 29.3 Å². The Balaban J connectivity index is 2.05. The van der Waals surface area contributed by atoms with Crippen molar-refractivity contribution in [1.82, 2.24) is 4.90 Å². The topological polar surface area (TPSA) is 12.5 Å². The molecule has 0 aliphatic carbocycles. The second kappa shape index (κ2) is 9.43. The van der Waals surface area contributed by atoms with Crippen LogP contribution in [0.1, 0.15) is 45.4 Å². The molecule has 0 bridgehead atoms. The normalized spacial score (nSPS) is 20.8. The first-order valence-electron chi connectivity index (χ1n) is 6.76. The number of rotatable bonds is 9. The fourth-order valence-corrected chi connectivity index (χ4v) is 2.75. The van der Waals surface area contributed by atoms with Gasteiger partial charge in [-0.15, -0.1) is 0 Å². The first-order valence-corrected chi connectivity index (χ1v) is 7.89. The molecule has 0 aromatic heterocycles. The summed E-state index contributed by atoms with van der Waals surface area (Å²) in [5.41, 5.74) is 0. The summed E-state index contributed by atoms with van der Waals surface area (Å²) in [5.74, 6) is 0. The second-order valence-corrected chi connectivity index (χ2v) is 5.45. The molecule has 0 amide bonds. The molecule has 0 aromatic carbocycles. The van der Waals surface area contributed by atoms with Crippen LogP contribution in [0.3, 0.4) is 0 Å². The first kappa shape index (κ1) is 14.5. The van der Waals surface area contributed by atoms with E-state index >= 15 is 0 Å². The van der Waals surface area contributed by atoms with Crippen molar-refractivity contribution in [2.24, 2.45) is 0 Å². The summed E-state index contributed by atoms with van der Waals surface area (Å²) in [5, 5.41) is 1.09. The van der Waals surface area contributed by atoms with Gasteiger partial charge in [0.15, 0.2) is 0 Å². The molecule has 0 aromatic rings. The molecular formula is C13H26BrNO. The number of unbranched alkanes of at least 4 members (excludes halogenated alkanes) is 1. The van der Waals surface area contributed by atoms with Crippen molar-refractivity contribution in [3.63, 3.8) is 0 Å². The lowest BCUT2D eigenvalue weighted by Crippen LogP contribution is -2.28. The highest BCUT2D eigenvalue weighted by molar-refractivity contribution is 9.09. The van der Waals surface area contributed by atoms with E-state index in [0.717, 1.165) is 11.9 Å². The van der Waals surface area contributed by atoms with Crippen molar-refractivity contribution in [2.75, 3.05) is 31.6 Å². The Hall–Kier alpha value is 0.400. The minimum atomic E-state index is 0.567. The van der Waals surface area contributed by atoms with Gasteiger partial charge in [-0.3, -0.25) is 0 Å². The monoisotopic (exact) mass is 291 g/mol. The van der Waals surface area contributed by atoms with Crippen molar-refractivity contribution >= 4 is 15.9 Å². The van der Waals surface area contributed by atoms with E-state index < -0.39 is 0 Å². The third-order valence-corrected chi connectivity index (χ3v) is 3.61. The Kier molecular flexibility index (Phi) is 8.52. The molecule has 96 valence electrons. The number of ether oxygens (including phenoxy) is 1. The number of nitrogens with zero attached hydrogens (tertiary/aromatic N) is 1. The zero-order valence-electron chi connectivity index (χ0n) is 10.6. The highest BCUT2D eigenvalue weighted by Gasteiger charge is 2.15. The van der Waals surface area contributed by atoms with Gasteiger partial charge in [0.25, 0.3) is 0 Å². The van der Waals surface area contributed by atoms with Gasteiger partial charge in [-0.05, 0) is 45.2 Å². The third kappa shape index (κ3) is 6.21. The van der Waals surface area contributed by atoms with Gasteiger partial charge in [0.05, 0.1) is 6.10 Å². The molecule has 1 aliphatic rings. The Morgan fingerprint density at radius 2 is 2.06 bits per heavy atom. The molecule has 1 atom stereocenters. The highest BCUT2D eigenvalue weighted by Crippen LogP contribution is 2.17. The predicted molar refractivity (Wildman–Crippen MR) is 73.4 cm³/mol. The summed E-state index contributed by atoms with van der Waals surface area (Å²) in [4.78, 5) is 2.58. The van der Waals surface area contributed by atoms with E-state index in [0.29, 0.717) is 6.10 Å². The maximum atomic E-state index is 5.65. The molecule has 0 radical (unpaired) electrons. The largest absolute Gasteiger partial charge is 0.378 e. The molecular weight excluding hydrogens is 266 g/mol. The van der Waals surface area contributed by atoms with E-state index in [1.165, 1.54) is 58.2 Å². The average molecular weight is 292 g/mol. The van der Waals surface area contributed by atoms with Crippen LogP contribution in [-0.4, -0.2) is 42.6 Å². The smallest absolute Gasteiger partial charge is 0.0576 e. The predicted octanol–water partition coefficient (Wildman–Crippen LogP) is 3.44. The van der Waals surface area contributed by atoms with Crippen LogP contribution in [-0.2, 0) is 4.74 Å². The van der Waals surface area contributed by atoms with E-state index in [1.807, 2.05) is 0 Å². The Labute approximate surface area is 109 Å². The average Bonchev–Trinajstić information content (AvgIpc) is 2.79. The van der Waals surface area contributed by atoms with E-state index in [9.17, 15) is 0 Å². The minimum absolute atomic E-state index is 0.567. The van der Waals surface area contributed by atoms with Gasteiger partial charge in [0.1, 0.15) is 0 Å². The minimum Gasteiger partial charge on any atom is -0.378 e. The Morgan fingerprint density at radius 3 is 2.69 bits per heavy atom. The van der Waals surface area contributed by atoms with Crippen LogP contribution in [0.4, 0.5) is 0 Å². The van der Waals surface area contributed by atoms with Gasteiger partial charge >= 0.3 is 0 Å². The third-order valence-electron chi connectivity index (χ3n) is 3.25. The van der Waals surface area contributed by atoms with Crippen LogP contribution < -0.4 is 0 Å². The van der Waals surface area contributed by atoms with Gasteiger partial charge in [-0.2, -0.15) is 0 Å². The fraction of sp³-hybridized carbons (Fsp3) is 1.00. The van der Waals surface area contributed by atoms with Crippen molar-refractivity contribution in [3.05, 3.63) is 0 Å². The maximum Gasteiger partial charge on any atom is 0.0576 e. The zero-order chi connectivity index (χ0) is 11.6. The highest BCUT2D eigenvalue weighted by atomic mass is 79.9. The fourth-order valence-electron chi connectivity index (χ4n) is 2.25. The summed E-state index contributed by atoms with van der Waals surface area (Å²) >= 11 is 3.53. The van der Waals surface area contributed by atoms with Crippen molar-refractivity contribution in [2.45, 2.75) is 51.6 Å². The Bertz CT molecular complexity index is 160. The number of alkyl halides is 1. The molecule has 0 N–H and O–H groups in total. The van der Waals surface area contributed by atoms with E-state index in [-0.39, 0.29) is 0 Å². The summed E-state index contributed by atoms with van der Waals surface area (Å²) in [6.45, 7) is 6.94. The molecule has 1 aliphatic heterocycles. The quantitative estimate of drug-likeness (QED) is 0.604. The van der Waals surface area contributed by atoms with Crippen molar-refractivity contribution < 1.29 is 4.74 Å². The molecule has 16 heavy (non-hydrogen) atoms. The number of hydrogen-bond acceptors (Lipinski definition) is 2. The van der Waals surface area contributed by atoms with Crippen molar-refractivity contribution in [1.29, 1.82) is 0 Å². The van der Waals surface area contributed by atoms with Crippen LogP contribution in [0.2, 0.25) is 0 Å². The van der Waals surface area contributed by atoms with Gasteiger partial charge in [-0.25, -0.2) is 0 Å². The zero-order valence-corrected chi connectivity index (χ0v) is 12.2. The molecule has 3 heteroatoms. The Morgan fingerprint density at radius 1 is 1.25 bits per heavy atom. The lowest BCUT2D eigenvalue weighted by molar-refractivity contribution is 0.0989. The molecule has 1 saturated heterocycles. The van der Waals surface area contributed by atoms with Gasteiger partial charge in [0, 0.05) is 18.5 Å². The van der Waals surface area contributed by atoms with E-state index in [1.54, 1.807) is 0 Å². The second-order valence-electron chi connectivity index (χ2n) is 4.66. The lowest BCUT2D eigenvalue weighted by Gasteiger charge is -2.21. The molecule has 2 nitrogen and oxygen atoms in total. The summed E-state index contributed by atoms with van der Waals surface area (Å²) in [6.07, 6.45) is 8.29. The molecule has 0 spiro atoms. The standard InChI is InChI=1S/C13H26BrNO/c1-2-3-9-15(11-8-14)10-4-6-13-7-5-12-16-13/h13H,2-12H2,1H3. The van der Waals surface area contributed by atoms with Crippen LogP contribution in [0.15, 0.2) is 0 Å². The van der Waals surface area contributed by atoms with Gasteiger partial charge < -0.3 is 9.64 Å². The number of halogens is 1. The summed E-state index contributed by atoms with van der Waals surface area (Å²) in [6, 6.07) is 0. The molecule has 1 unspecified atom stereocenters. The SMILES string of the molecule is CCCCN(CCBr)CCCC1CCCO1. The van der Waals surface area contributed by atoms with E-state index in [2.05, 4.69) is 27.8 Å². The number of hydrogen-bond donors (Lipinski definition) is 0. The van der Waals surface area contributed by atoms with Crippen LogP contribution in [0, 0.1) is 0 Å². The molecule has 1 heterocycles. The summed E-state index contributed by atoms with van der Waals surface area (Å²) < 4.78 is 5.65. The molecule has 1 fully saturated rings. The van der Waals surface area contributed by atoms with Crippen LogP contribution in [0.5, 0.6) is 0 Å². The van der Waals surface area contributed by atoms with Crippen LogP contribution >= 0.6 is 15.9 Å². The maximum absolute atomic E-state index is 5.65.